The Morgan fingerprint density at radius 2 is 1.62 bits per heavy atom. The zero-order valence-corrected chi connectivity index (χ0v) is 9.40. The van der Waals surface area contributed by atoms with Gasteiger partial charge in [-0.2, -0.15) is 0 Å². The molecule has 1 aromatic rings. The summed E-state index contributed by atoms with van der Waals surface area (Å²) in [4.78, 5) is 0. The standard InChI is InChI=1S/C10H14ClN.ClH/c1-7(2)10(12)8-3-5-9(11)6-4-8;/h3-7,10H,12H2,1-2H3;1H/t10-;/m1./s1. The molecule has 0 unspecified atom stereocenters. The molecule has 0 radical (unpaired) electrons. The molecule has 0 aliphatic heterocycles. The Hall–Kier alpha value is -0.240. The van der Waals surface area contributed by atoms with Gasteiger partial charge in [-0.3, -0.25) is 0 Å². The van der Waals surface area contributed by atoms with Gasteiger partial charge in [-0.15, -0.1) is 12.4 Å². The van der Waals surface area contributed by atoms with E-state index in [4.69, 9.17) is 17.3 Å². The molecule has 13 heavy (non-hydrogen) atoms. The van der Waals surface area contributed by atoms with E-state index >= 15 is 0 Å². The second-order valence-electron chi connectivity index (χ2n) is 3.32. The molecule has 0 saturated heterocycles. The molecule has 0 aliphatic carbocycles. The van der Waals surface area contributed by atoms with Crippen LogP contribution in [0.2, 0.25) is 5.02 Å². The number of halogens is 2. The first-order chi connectivity index (χ1) is 5.61. The summed E-state index contributed by atoms with van der Waals surface area (Å²) in [6, 6.07) is 7.82. The summed E-state index contributed by atoms with van der Waals surface area (Å²) in [7, 11) is 0. The second kappa shape index (κ2) is 5.48. The van der Waals surface area contributed by atoms with Gasteiger partial charge >= 0.3 is 0 Å². The van der Waals surface area contributed by atoms with Crippen molar-refractivity contribution in [3.63, 3.8) is 0 Å². The van der Waals surface area contributed by atoms with E-state index in [1.807, 2.05) is 24.3 Å². The van der Waals surface area contributed by atoms with Gasteiger partial charge in [-0.25, -0.2) is 0 Å². The lowest BCUT2D eigenvalue weighted by atomic mass is 9.97. The van der Waals surface area contributed by atoms with Crippen LogP contribution in [0, 0.1) is 5.92 Å². The van der Waals surface area contributed by atoms with Crippen LogP contribution < -0.4 is 5.73 Å². The van der Waals surface area contributed by atoms with Gasteiger partial charge < -0.3 is 5.73 Å². The fourth-order valence-electron chi connectivity index (χ4n) is 1.07. The van der Waals surface area contributed by atoms with E-state index < -0.39 is 0 Å². The van der Waals surface area contributed by atoms with Gasteiger partial charge in [0.1, 0.15) is 0 Å². The first-order valence-electron chi connectivity index (χ1n) is 4.12. The van der Waals surface area contributed by atoms with Crippen LogP contribution in [-0.2, 0) is 0 Å². The van der Waals surface area contributed by atoms with E-state index in [9.17, 15) is 0 Å². The van der Waals surface area contributed by atoms with E-state index in [1.165, 1.54) is 0 Å². The summed E-state index contributed by atoms with van der Waals surface area (Å²) < 4.78 is 0. The van der Waals surface area contributed by atoms with Crippen LogP contribution in [0.4, 0.5) is 0 Å². The molecular weight excluding hydrogens is 205 g/mol. The summed E-state index contributed by atoms with van der Waals surface area (Å²) in [5.74, 6) is 0.464. The molecule has 1 nitrogen and oxygen atoms in total. The Morgan fingerprint density at radius 3 is 2.00 bits per heavy atom. The predicted molar refractivity (Wildman–Crippen MR) is 60.5 cm³/mol. The quantitative estimate of drug-likeness (QED) is 0.811. The zero-order valence-electron chi connectivity index (χ0n) is 7.83. The summed E-state index contributed by atoms with van der Waals surface area (Å²) in [6.07, 6.45) is 0. The van der Waals surface area contributed by atoms with Crippen LogP contribution in [0.25, 0.3) is 0 Å². The molecular formula is C10H15Cl2N. The molecule has 1 atom stereocenters. The van der Waals surface area contributed by atoms with Crippen LogP contribution >= 0.6 is 24.0 Å². The summed E-state index contributed by atoms with van der Waals surface area (Å²) in [5, 5.41) is 0.759. The van der Waals surface area contributed by atoms with Crippen molar-refractivity contribution in [1.82, 2.24) is 0 Å². The molecule has 1 rings (SSSR count). The lowest BCUT2D eigenvalue weighted by molar-refractivity contribution is 0.514. The predicted octanol–water partition coefficient (Wildman–Crippen LogP) is 3.42. The first-order valence-corrected chi connectivity index (χ1v) is 4.50. The molecule has 0 bridgehead atoms. The van der Waals surface area contributed by atoms with E-state index in [2.05, 4.69) is 13.8 Å². The molecule has 0 aliphatic rings. The van der Waals surface area contributed by atoms with Crippen LogP contribution in [0.5, 0.6) is 0 Å². The maximum Gasteiger partial charge on any atom is 0.0406 e. The maximum absolute atomic E-state index is 5.94. The van der Waals surface area contributed by atoms with Gasteiger partial charge in [0.2, 0.25) is 0 Å². The minimum absolute atomic E-state index is 0. The van der Waals surface area contributed by atoms with Crippen LogP contribution in [0.15, 0.2) is 24.3 Å². The highest BCUT2D eigenvalue weighted by molar-refractivity contribution is 6.30. The Labute approximate surface area is 90.7 Å². The molecule has 0 heterocycles. The highest BCUT2D eigenvalue weighted by Crippen LogP contribution is 2.20. The molecule has 0 fully saturated rings. The van der Waals surface area contributed by atoms with Crippen molar-refractivity contribution in [1.29, 1.82) is 0 Å². The molecule has 0 saturated carbocycles. The molecule has 0 spiro atoms. The van der Waals surface area contributed by atoms with Crippen LogP contribution in [-0.4, -0.2) is 0 Å². The largest absolute Gasteiger partial charge is 0.324 e. The minimum Gasteiger partial charge on any atom is -0.324 e. The third kappa shape index (κ3) is 3.55. The Bertz CT molecular complexity index is 244. The van der Waals surface area contributed by atoms with Crippen LogP contribution in [0.3, 0.4) is 0 Å². The molecule has 0 aromatic heterocycles. The van der Waals surface area contributed by atoms with Gasteiger partial charge in [0.15, 0.2) is 0 Å². The maximum atomic E-state index is 5.94. The van der Waals surface area contributed by atoms with Crippen molar-refractivity contribution in [3.8, 4) is 0 Å². The molecule has 74 valence electrons. The Morgan fingerprint density at radius 1 is 1.15 bits per heavy atom. The van der Waals surface area contributed by atoms with Gasteiger partial charge in [0.05, 0.1) is 0 Å². The van der Waals surface area contributed by atoms with Gasteiger partial charge in [-0.1, -0.05) is 37.6 Å². The smallest absolute Gasteiger partial charge is 0.0406 e. The number of rotatable bonds is 2. The van der Waals surface area contributed by atoms with Crippen molar-refractivity contribution in [3.05, 3.63) is 34.9 Å². The van der Waals surface area contributed by atoms with E-state index in [0.29, 0.717) is 5.92 Å². The third-order valence-corrected chi connectivity index (χ3v) is 2.23. The van der Waals surface area contributed by atoms with Crippen molar-refractivity contribution in [2.45, 2.75) is 19.9 Å². The zero-order chi connectivity index (χ0) is 9.14. The summed E-state index contributed by atoms with van der Waals surface area (Å²) in [5.41, 5.74) is 7.09. The summed E-state index contributed by atoms with van der Waals surface area (Å²) in [6.45, 7) is 4.22. The number of benzene rings is 1. The summed E-state index contributed by atoms with van der Waals surface area (Å²) >= 11 is 5.76. The number of nitrogens with two attached hydrogens (primary N) is 1. The fourth-order valence-corrected chi connectivity index (χ4v) is 1.20. The van der Waals surface area contributed by atoms with Crippen molar-refractivity contribution >= 4 is 24.0 Å². The Kier molecular flexibility index (Phi) is 5.38. The van der Waals surface area contributed by atoms with Gasteiger partial charge in [-0.05, 0) is 23.6 Å². The minimum atomic E-state index is 0. The first kappa shape index (κ1) is 12.8. The Balaban J connectivity index is 0.00000144. The van der Waals surface area contributed by atoms with E-state index in [1.54, 1.807) is 0 Å². The van der Waals surface area contributed by atoms with Crippen molar-refractivity contribution in [2.75, 3.05) is 0 Å². The lowest BCUT2D eigenvalue weighted by Gasteiger charge is -2.15. The number of hydrogen-bond acceptors (Lipinski definition) is 1. The van der Waals surface area contributed by atoms with Crippen molar-refractivity contribution < 1.29 is 0 Å². The monoisotopic (exact) mass is 219 g/mol. The van der Waals surface area contributed by atoms with E-state index in [0.717, 1.165) is 10.6 Å². The van der Waals surface area contributed by atoms with Gasteiger partial charge in [0.25, 0.3) is 0 Å². The third-order valence-electron chi connectivity index (χ3n) is 1.97. The highest BCUT2D eigenvalue weighted by Gasteiger charge is 2.09. The molecule has 2 N–H and O–H groups in total. The SMILES string of the molecule is CC(C)[C@@H](N)c1ccc(Cl)cc1.Cl. The van der Waals surface area contributed by atoms with Crippen molar-refractivity contribution in [2.24, 2.45) is 11.7 Å². The molecule has 0 amide bonds. The van der Waals surface area contributed by atoms with E-state index in [-0.39, 0.29) is 18.4 Å². The normalized spacial score (nSPS) is 12.4. The molecule has 1 aromatic carbocycles. The lowest BCUT2D eigenvalue weighted by Crippen LogP contribution is -2.16. The topological polar surface area (TPSA) is 26.0 Å². The fraction of sp³-hybridized carbons (Fsp3) is 0.400. The van der Waals surface area contributed by atoms with Crippen LogP contribution in [0.1, 0.15) is 25.5 Å². The van der Waals surface area contributed by atoms with Gasteiger partial charge in [0, 0.05) is 11.1 Å². The second-order valence-corrected chi connectivity index (χ2v) is 3.76. The average Bonchev–Trinajstić information content (AvgIpc) is 2.04. The highest BCUT2D eigenvalue weighted by atomic mass is 35.5. The average molecular weight is 220 g/mol. The number of hydrogen-bond donors (Lipinski definition) is 1. The molecule has 3 heteroatoms.